The van der Waals surface area contributed by atoms with Crippen LogP contribution in [0.15, 0.2) is 36.7 Å². The number of hydrogen-bond acceptors (Lipinski definition) is 5. The van der Waals surface area contributed by atoms with E-state index in [0.29, 0.717) is 11.8 Å². The van der Waals surface area contributed by atoms with E-state index in [0.717, 1.165) is 29.8 Å². The van der Waals surface area contributed by atoms with Gasteiger partial charge in [0.2, 0.25) is 0 Å². The van der Waals surface area contributed by atoms with Gasteiger partial charge in [0.05, 0.1) is 0 Å². The smallest absolute Gasteiger partial charge is 0.356 e. The summed E-state index contributed by atoms with van der Waals surface area (Å²) in [6.45, 7) is 2.18. The summed E-state index contributed by atoms with van der Waals surface area (Å²) < 4.78 is 40.4. The van der Waals surface area contributed by atoms with Crippen molar-refractivity contribution in [2.45, 2.75) is 37.4 Å². The maximum atomic E-state index is 13.1. The van der Waals surface area contributed by atoms with Crippen LogP contribution in [0.2, 0.25) is 0 Å². The summed E-state index contributed by atoms with van der Waals surface area (Å²) in [6.07, 6.45) is -0.631. The van der Waals surface area contributed by atoms with Crippen LogP contribution in [0.1, 0.15) is 42.6 Å². The zero-order chi connectivity index (χ0) is 19.2. The summed E-state index contributed by atoms with van der Waals surface area (Å²) in [5.41, 5.74) is 0.934. The van der Waals surface area contributed by atoms with E-state index in [2.05, 4.69) is 27.3 Å². The summed E-state index contributed by atoms with van der Waals surface area (Å²) in [7, 11) is 0. The number of nitrogens with one attached hydrogen (secondary N) is 1. The second-order valence-corrected chi connectivity index (χ2v) is 6.94. The van der Waals surface area contributed by atoms with Crippen LogP contribution < -0.4 is 5.32 Å². The zero-order valence-corrected chi connectivity index (χ0v) is 14.4. The van der Waals surface area contributed by atoms with Gasteiger partial charge in [0, 0.05) is 6.07 Å². The number of hydrogen-bond donors (Lipinski definition) is 1. The molecule has 2 aromatic heterocycles. The maximum absolute atomic E-state index is 13.1. The molecule has 1 aromatic carbocycles. The van der Waals surface area contributed by atoms with Gasteiger partial charge in [0.25, 0.3) is 5.78 Å². The van der Waals surface area contributed by atoms with E-state index < -0.39 is 17.9 Å². The summed E-state index contributed by atoms with van der Waals surface area (Å²) >= 11 is 0. The molecule has 0 aliphatic heterocycles. The fourth-order valence-electron chi connectivity index (χ4n) is 2.98. The molecule has 0 saturated heterocycles. The molecule has 1 aliphatic carbocycles. The van der Waals surface area contributed by atoms with Crippen LogP contribution in [0.3, 0.4) is 0 Å². The molecule has 0 radical (unpaired) electrons. The molecule has 1 fully saturated rings. The summed E-state index contributed by atoms with van der Waals surface area (Å²) in [5.74, 6) is -0.214. The van der Waals surface area contributed by atoms with Crippen molar-refractivity contribution in [1.29, 1.82) is 0 Å². The molecule has 1 N–H and O–H groups in total. The quantitative estimate of drug-likeness (QED) is 0.691. The third kappa shape index (κ3) is 3.24. The minimum Gasteiger partial charge on any atom is -0.356 e. The minimum atomic E-state index is -4.64. The average molecular weight is 375 g/mol. The topological polar surface area (TPSA) is 72.2 Å². The van der Waals surface area contributed by atoms with E-state index in [4.69, 9.17) is 0 Å². The van der Waals surface area contributed by atoms with Gasteiger partial charge >= 0.3 is 6.18 Å². The number of benzene rings is 1. The predicted molar refractivity (Wildman–Crippen MR) is 91.2 cm³/mol. The molecule has 4 rings (SSSR count). The van der Waals surface area contributed by atoms with Gasteiger partial charge in [-0.2, -0.15) is 27.8 Å². The Morgan fingerprint density at radius 2 is 1.96 bits per heavy atom. The van der Waals surface area contributed by atoms with Gasteiger partial charge in [-0.05, 0) is 29.4 Å². The lowest BCUT2D eigenvalue weighted by Gasteiger charge is -2.17. The number of aldehydes is 1. The Morgan fingerprint density at radius 3 is 2.56 bits per heavy atom. The fourth-order valence-corrected chi connectivity index (χ4v) is 2.98. The molecule has 0 spiro atoms. The number of aromatic nitrogens is 4. The second kappa shape index (κ2) is 6.04. The number of rotatable bonds is 5. The van der Waals surface area contributed by atoms with Crippen LogP contribution in [-0.2, 0) is 16.4 Å². The monoisotopic (exact) mass is 375 g/mol. The number of fused-ring (bicyclic) bond motifs is 1. The van der Waals surface area contributed by atoms with E-state index in [1.54, 1.807) is 0 Å². The van der Waals surface area contributed by atoms with Crippen LogP contribution in [0.25, 0.3) is 5.78 Å². The number of nitrogens with zero attached hydrogens (tertiary/aromatic N) is 4. The molecule has 1 saturated carbocycles. The van der Waals surface area contributed by atoms with Gasteiger partial charge in [-0.3, -0.25) is 0 Å². The normalized spacial score (nSPS) is 16.9. The molecule has 140 valence electrons. The van der Waals surface area contributed by atoms with E-state index in [1.807, 2.05) is 24.3 Å². The van der Waals surface area contributed by atoms with Crippen LogP contribution in [0.4, 0.5) is 19.0 Å². The number of halogens is 3. The number of carbonyl (C=O) groups is 1. The highest BCUT2D eigenvalue weighted by Gasteiger charge is 2.39. The van der Waals surface area contributed by atoms with Crippen LogP contribution in [0, 0.1) is 0 Å². The largest absolute Gasteiger partial charge is 0.433 e. The predicted octanol–water partition coefficient (Wildman–Crippen LogP) is 3.55. The number of anilines is 1. The Bertz CT molecular complexity index is 992. The average Bonchev–Trinajstić information content (AvgIpc) is 3.20. The van der Waals surface area contributed by atoms with Crippen LogP contribution in [0.5, 0.6) is 0 Å². The molecular formula is C18H16F3N5O. The first-order valence-electron chi connectivity index (χ1n) is 8.40. The fraction of sp³-hybridized carbons (Fsp3) is 0.333. The molecule has 0 bridgehead atoms. The van der Waals surface area contributed by atoms with Crippen molar-refractivity contribution in [3.05, 3.63) is 53.5 Å². The Kier molecular flexibility index (Phi) is 3.90. The van der Waals surface area contributed by atoms with Crippen molar-refractivity contribution >= 4 is 17.9 Å². The highest BCUT2D eigenvalue weighted by Crippen LogP contribution is 2.47. The molecule has 1 aliphatic rings. The standard InChI is InChI=1S/C18H16F3N5O/c1-17(6-7-17)12-4-2-11(3-5-12)13(9-27)24-15-8-14(18(19,20)21)25-16-22-10-23-26(15)16/h2-5,8-10,13,24H,6-7H2,1H3. The lowest BCUT2D eigenvalue weighted by atomic mass is 9.96. The molecule has 1 atom stereocenters. The summed E-state index contributed by atoms with van der Waals surface area (Å²) in [5, 5.41) is 6.69. The third-order valence-corrected chi connectivity index (χ3v) is 4.95. The van der Waals surface area contributed by atoms with Crippen LogP contribution >= 0.6 is 0 Å². The Morgan fingerprint density at radius 1 is 1.26 bits per heavy atom. The van der Waals surface area contributed by atoms with Gasteiger partial charge < -0.3 is 10.1 Å². The third-order valence-electron chi connectivity index (χ3n) is 4.95. The van der Waals surface area contributed by atoms with Crippen molar-refractivity contribution in [2.24, 2.45) is 0 Å². The highest BCUT2D eigenvalue weighted by molar-refractivity contribution is 5.67. The number of alkyl halides is 3. The second-order valence-electron chi connectivity index (χ2n) is 6.94. The zero-order valence-electron chi connectivity index (χ0n) is 14.4. The van der Waals surface area contributed by atoms with E-state index in [1.165, 1.54) is 5.56 Å². The van der Waals surface area contributed by atoms with Gasteiger partial charge in [0.1, 0.15) is 24.5 Å². The Hall–Kier alpha value is -2.97. The first-order valence-corrected chi connectivity index (χ1v) is 8.40. The number of carbonyl (C=O) groups excluding carboxylic acids is 1. The lowest BCUT2D eigenvalue weighted by molar-refractivity contribution is -0.141. The molecule has 1 unspecified atom stereocenters. The van der Waals surface area contributed by atoms with Gasteiger partial charge in [-0.1, -0.05) is 31.2 Å². The molecule has 9 heteroatoms. The molecule has 0 amide bonds. The first-order chi connectivity index (χ1) is 12.8. The van der Waals surface area contributed by atoms with Gasteiger partial charge in [-0.15, -0.1) is 0 Å². The molecular weight excluding hydrogens is 359 g/mol. The van der Waals surface area contributed by atoms with Crippen molar-refractivity contribution in [3.8, 4) is 0 Å². The SMILES string of the molecule is CC1(c2ccc(C(C=O)Nc3cc(C(F)(F)F)nc4ncnn34)cc2)CC1. The Labute approximate surface area is 152 Å². The van der Waals surface area contributed by atoms with Gasteiger partial charge in [-0.25, -0.2) is 4.98 Å². The Balaban J connectivity index is 1.67. The maximum Gasteiger partial charge on any atom is 0.433 e. The van der Waals surface area contributed by atoms with Crippen molar-refractivity contribution in [1.82, 2.24) is 19.6 Å². The van der Waals surface area contributed by atoms with E-state index in [9.17, 15) is 18.0 Å². The van der Waals surface area contributed by atoms with Crippen molar-refractivity contribution in [3.63, 3.8) is 0 Å². The first kappa shape index (κ1) is 17.4. The van der Waals surface area contributed by atoms with Crippen molar-refractivity contribution < 1.29 is 18.0 Å². The van der Waals surface area contributed by atoms with E-state index in [-0.39, 0.29) is 17.0 Å². The molecule has 6 nitrogen and oxygen atoms in total. The van der Waals surface area contributed by atoms with Crippen molar-refractivity contribution in [2.75, 3.05) is 5.32 Å². The highest BCUT2D eigenvalue weighted by atomic mass is 19.4. The molecule has 27 heavy (non-hydrogen) atoms. The molecule has 2 heterocycles. The van der Waals surface area contributed by atoms with E-state index >= 15 is 0 Å². The summed E-state index contributed by atoms with van der Waals surface area (Å²) in [6, 6.07) is 7.53. The minimum absolute atomic E-state index is 0.0137. The molecule has 3 aromatic rings. The lowest BCUT2D eigenvalue weighted by Crippen LogP contribution is -2.17. The van der Waals surface area contributed by atoms with Crippen LogP contribution in [-0.4, -0.2) is 25.9 Å². The summed E-state index contributed by atoms with van der Waals surface area (Å²) in [4.78, 5) is 18.8. The van der Waals surface area contributed by atoms with Gasteiger partial charge in [0.15, 0.2) is 5.69 Å².